The number of piperidine rings is 1. The van der Waals surface area contributed by atoms with E-state index in [1.54, 1.807) is 19.2 Å². The van der Waals surface area contributed by atoms with E-state index >= 15 is 0 Å². The summed E-state index contributed by atoms with van der Waals surface area (Å²) in [6, 6.07) is 8.15. The van der Waals surface area contributed by atoms with Crippen molar-refractivity contribution in [3.05, 3.63) is 47.8 Å². The van der Waals surface area contributed by atoms with Gasteiger partial charge in [0.25, 0.3) is 0 Å². The van der Waals surface area contributed by atoms with E-state index in [2.05, 4.69) is 4.99 Å². The summed E-state index contributed by atoms with van der Waals surface area (Å²) in [6.45, 7) is 0. The lowest BCUT2D eigenvalue weighted by molar-refractivity contribution is -0.118. The minimum absolute atomic E-state index is 0.108. The van der Waals surface area contributed by atoms with Gasteiger partial charge < -0.3 is 19.1 Å². The highest BCUT2D eigenvalue weighted by Crippen LogP contribution is 2.44. The summed E-state index contributed by atoms with van der Waals surface area (Å²) in [4.78, 5) is 32.7. The molecule has 162 valence electrons. The fraction of sp³-hybridized carbons (Fsp3) is 0.318. The van der Waals surface area contributed by atoms with Crippen molar-refractivity contribution in [1.82, 2.24) is 4.90 Å². The van der Waals surface area contributed by atoms with E-state index in [9.17, 15) is 14.0 Å². The molecule has 2 unspecified atom stereocenters. The molecule has 2 aromatic carbocycles. The van der Waals surface area contributed by atoms with Crippen LogP contribution in [-0.4, -0.2) is 57.1 Å². The minimum atomic E-state index is -0.488. The molecule has 3 amide bonds. The van der Waals surface area contributed by atoms with E-state index in [0.29, 0.717) is 28.8 Å². The molecule has 2 aromatic rings. The molecular formula is C22H22FN3O5. The highest BCUT2D eigenvalue weighted by Gasteiger charge is 2.48. The Kier molecular flexibility index (Phi) is 5.26. The quantitative estimate of drug-likeness (QED) is 0.732. The molecule has 2 atom stereocenters. The number of fused-ring (bicyclic) bond motifs is 1. The van der Waals surface area contributed by atoms with Crippen LogP contribution in [0, 0.1) is 5.82 Å². The summed E-state index contributed by atoms with van der Waals surface area (Å²) >= 11 is 0. The minimum Gasteiger partial charge on any atom is -0.493 e. The smallest absolute Gasteiger partial charge is 0.345 e. The van der Waals surface area contributed by atoms with E-state index in [0.717, 1.165) is 5.56 Å². The van der Waals surface area contributed by atoms with Crippen molar-refractivity contribution in [2.24, 2.45) is 4.99 Å². The predicted octanol–water partition coefficient (Wildman–Crippen LogP) is 3.20. The van der Waals surface area contributed by atoms with Gasteiger partial charge in [-0.25, -0.2) is 9.18 Å². The van der Waals surface area contributed by atoms with Gasteiger partial charge in [0.2, 0.25) is 11.7 Å². The van der Waals surface area contributed by atoms with Crippen LogP contribution in [-0.2, 0) is 4.79 Å². The molecule has 1 fully saturated rings. The molecule has 9 heteroatoms. The Balaban J connectivity index is 1.80. The molecule has 8 nitrogen and oxygen atoms in total. The average molecular weight is 427 g/mol. The SMILES string of the molecule is COc1cc(C2CC(=O)N(c3ccc(F)cc3)C3=NC(=O)N(C)C32)cc(OC)c1OC. The van der Waals surface area contributed by atoms with Gasteiger partial charge in [0, 0.05) is 19.4 Å². The van der Waals surface area contributed by atoms with Crippen LogP contribution in [0.25, 0.3) is 0 Å². The van der Waals surface area contributed by atoms with Gasteiger partial charge in [-0.15, -0.1) is 0 Å². The zero-order valence-corrected chi connectivity index (χ0v) is 17.6. The summed E-state index contributed by atoms with van der Waals surface area (Å²) in [7, 11) is 6.19. The van der Waals surface area contributed by atoms with Gasteiger partial charge >= 0.3 is 6.03 Å². The maximum Gasteiger partial charge on any atom is 0.345 e. The number of benzene rings is 2. The average Bonchev–Trinajstić information content (AvgIpc) is 3.07. The molecule has 4 rings (SSSR count). The molecule has 1 saturated heterocycles. The van der Waals surface area contributed by atoms with Crippen LogP contribution in [0.2, 0.25) is 0 Å². The van der Waals surface area contributed by atoms with Crippen LogP contribution >= 0.6 is 0 Å². The number of nitrogens with zero attached hydrogens (tertiary/aromatic N) is 3. The molecule has 0 spiro atoms. The third-order valence-corrected chi connectivity index (χ3v) is 5.65. The van der Waals surface area contributed by atoms with Crippen molar-refractivity contribution >= 4 is 23.5 Å². The van der Waals surface area contributed by atoms with Gasteiger partial charge in [-0.3, -0.25) is 9.69 Å². The Morgan fingerprint density at radius 1 is 1.00 bits per heavy atom. The Morgan fingerprint density at radius 2 is 1.61 bits per heavy atom. The van der Waals surface area contributed by atoms with Gasteiger partial charge in [-0.1, -0.05) is 0 Å². The number of urea groups is 1. The Morgan fingerprint density at radius 3 is 2.16 bits per heavy atom. The largest absolute Gasteiger partial charge is 0.493 e. The van der Waals surface area contributed by atoms with Crippen LogP contribution in [0.15, 0.2) is 41.4 Å². The van der Waals surface area contributed by atoms with Crippen LogP contribution in [0.4, 0.5) is 14.9 Å². The summed E-state index contributed by atoms with van der Waals surface area (Å²) in [5.41, 5.74) is 1.21. The third-order valence-electron chi connectivity index (χ3n) is 5.65. The maximum absolute atomic E-state index is 13.4. The van der Waals surface area contributed by atoms with Crippen LogP contribution in [0.5, 0.6) is 17.2 Å². The van der Waals surface area contributed by atoms with E-state index in [-0.39, 0.29) is 18.2 Å². The molecular weight excluding hydrogens is 405 g/mol. The molecule has 0 saturated carbocycles. The Labute approximate surface area is 178 Å². The van der Waals surface area contributed by atoms with E-state index in [1.807, 2.05) is 0 Å². The number of aliphatic imine (C=N–C) groups is 1. The lowest BCUT2D eigenvalue weighted by atomic mass is 9.83. The number of carbonyl (C=O) groups excluding carboxylic acids is 2. The maximum atomic E-state index is 13.4. The number of likely N-dealkylation sites (N-methyl/N-ethyl adjacent to an activating group) is 1. The van der Waals surface area contributed by atoms with E-state index < -0.39 is 17.9 Å². The van der Waals surface area contributed by atoms with E-state index in [4.69, 9.17) is 14.2 Å². The fourth-order valence-electron chi connectivity index (χ4n) is 4.17. The number of rotatable bonds is 5. The number of hydrogen-bond donors (Lipinski definition) is 0. The van der Waals surface area contributed by atoms with Crippen molar-refractivity contribution in [3.8, 4) is 17.2 Å². The van der Waals surface area contributed by atoms with Crippen molar-refractivity contribution in [2.45, 2.75) is 18.4 Å². The van der Waals surface area contributed by atoms with Crippen LogP contribution in [0.3, 0.4) is 0 Å². The standard InChI is InChI=1S/C22H22FN3O5/c1-25-19-15(12-9-16(29-2)20(31-4)17(10-12)30-3)11-18(27)26(21(19)24-22(25)28)14-7-5-13(23)6-8-14/h5-10,15,19H,11H2,1-4H3. The molecule has 0 radical (unpaired) electrons. The highest BCUT2D eigenvalue weighted by atomic mass is 19.1. The number of amides is 3. The number of halogens is 1. The number of methoxy groups -OCH3 is 3. The highest BCUT2D eigenvalue weighted by molar-refractivity contribution is 6.25. The Hall–Kier alpha value is -3.62. The molecule has 2 aliphatic heterocycles. The first kappa shape index (κ1) is 20.6. The Bertz CT molecular complexity index is 1040. The zero-order valence-electron chi connectivity index (χ0n) is 17.6. The number of amidine groups is 1. The summed E-state index contributed by atoms with van der Waals surface area (Å²) in [5, 5.41) is 0. The second kappa shape index (κ2) is 7.90. The second-order valence-corrected chi connectivity index (χ2v) is 7.28. The lowest BCUT2D eigenvalue weighted by Gasteiger charge is -2.39. The first-order valence-corrected chi connectivity index (χ1v) is 9.63. The molecule has 0 aromatic heterocycles. The number of anilines is 1. The second-order valence-electron chi connectivity index (χ2n) is 7.28. The van der Waals surface area contributed by atoms with Crippen molar-refractivity contribution in [2.75, 3.05) is 33.3 Å². The van der Waals surface area contributed by atoms with Crippen molar-refractivity contribution < 1.29 is 28.2 Å². The number of hydrogen-bond acceptors (Lipinski definition) is 5. The molecule has 0 bridgehead atoms. The number of ether oxygens (including phenoxy) is 3. The summed E-state index contributed by atoms with van der Waals surface area (Å²) in [5.74, 6) is 0.618. The molecule has 0 aliphatic carbocycles. The molecule has 2 heterocycles. The van der Waals surface area contributed by atoms with Gasteiger partial charge in [0.1, 0.15) is 11.7 Å². The first-order valence-electron chi connectivity index (χ1n) is 9.63. The lowest BCUT2D eigenvalue weighted by Crippen LogP contribution is -2.54. The van der Waals surface area contributed by atoms with E-state index in [1.165, 1.54) is 55.4 Å². The molecule has 0 N–H and O–H groups in total. The van der Waals surface area contributed by atoms with Crippen molar-refractivity contribution in [1.29, 1.82) is 0 Å². The van der Waals surface area contributed by atoms with Gasteiger partial charge in [0.05, 0.1) is 33.1 Å². The van der Waals surface area contributed by atoms with Gasteiger partial charge in [-0.05, 0) is 42.0 Å². The monoisotopic (exact) mass is 427 g/mol. The van der Waals surface area contributed by atoms with Gasteiger partial charge in [-0.2, -0.15) is 4.99 Å². The fourth-order valence-corrected chi connectivity index (χ4v) is 4.17. The van der Waals surface area contributed by atoms with Crippen LogP contribution in [0.1, 0.15) is 17.9 Å². The third kappa shape index (κ3) is 3.35. The summed E-state index contributed by atoms with van der Waals surface area (Å²) < 4.78 is 29.7. The predicted molar refractivity (Wildman–Crippen MR) is 112 cm³/mol. The van der Waals surface area contributed by atoms with Gasteiger partial charge in [0.15, 0.2) is 11.5 Å². The van der Waals surface area contributed by atoms with Crippen molar-refractivity contribution in [3.63, 3.8) is 0 Å². The normalized spacial score (nSPS) is 20.5. The van der Waals surface area contributed by atoms with Crippen LogP contribution < -0.4 is 19.1 Å². The number of carbonyl (C=O) groups is 2. The topological polar surface area (TPSA) is 80.7 Å². The molecule has 31 heavy (non-hydrogen) atoms. The summed E-state index contributed by atoms with van der Waals surface area (Å²) in [6.07, 6.45) is 0.108. The molecule has 2 aliphatic rings. The first-order chi connectivity index (χ1) is 14.9. The zero-order chi connectivity index (χ0) is 22.3.